The van der Waals surface area contributed by atoms with Crippen LogP contribution in [0.5, 0.6) is 0 Å². The monoisotopic (exact) mass is 353 g/mol. The Balaban J connectivity index is 1.95. The van der Waals surface area contributed by atoms with E-state index in [9.17, 15) is 5.11 Å². The summed E-state index contributed by atoms with van der Waals surface area (Å²) in [6.45, 7) is 2.53. The lowest BCUT2D eigenvalue weighted by Gasteiger charge is -2.18. The zero-order valence-electron chi connectivity index (χ0n) is 11.2. The lowest BCUT2D eigenvalue weighted by molar-refractivity contribution is 0.171. The van der Waals surface area contributed by atoms with Gasteiger partial charge < -0.3 is 10.4 Å². The molecule has 0 amide bonds. The molecule has 0 saturated heterocycles. The highest BCUT2D eigenvalue weighted by Gasteiger charge is 2.12. The third kappa shape index (κ3) is 4.06. The smallest absolute Gasteiger partial charge is 0.0928 e. The van der Waals surface area contributed by atoms with Gasteiger partial charge in [0.25, 0.3) is 0 Å². The first-order valence-electron chi connectivity index (χ1n) is 6.49. The van der Waals surface area contributed by atoms with Gasteiger partial charge in [0, 0.05) is 27.6 Å². The van der Waals surface area contributed by atoms with Crippen LogP contribution in [-0.2, 0) is 0 Å². The zero-order valence-corrected chi connectivity index (χ0v) is 13.5. The van der Waals surface area contributed by atoms with Crippen LogP contribution in [0.15, 0.2) is 53.0 Å². The molecule has 4 heteroatoms. The number of benzene rings is 2. The zero-order chi connectivity index (χ0) is 14.5. The molecular formula is C16H17BrClNO. The van der Waals surface area contributed by atoms with Crippen LogP contribution in [0, 0.1) is 0 Å². The van der Waals surface area contributed by atoms with E-state index >= 15 is 0 Å². The maximum absolute atomic E-state index is 10.2. The van der Waals surface area contributed by atoms with Crippen molar-refractivity contribution in [3.8, 4) is 0 Å². The van der Waals surface area contributed by atoms with Crippen molar-refractivity contribution in [2.45, 2.75) is 19.1 Å². The molecule has 1 unspecified atom stereocenters. The van der Waals surface area contributed by atoms with Crippen molar-refractivity contribution >= 4 is 27.5 Å². The molecule has 0 aliphatic heterocycles. The summed E-state index contributed by atoms with van der Waals surface area (Å²) in [4.78, 5) is 0. The standard InChI is InChI=1S/C16H17BrClNO/c1-11(12-6-8-13(17)9-7-12)19-10-16(20)14-4-2-3-5-15(14)18/h2-9,11,16,19-20H,10H2,1H3/t11-,16?/m1/s1. The summed E-state index contributed by atoms with van der Waals surface area (Å²) in [7, 11) is 0. The Labute approximate surface area is 132 Å². The first kappa shape index (κ1) is 15.5. The van der Waals surface area contributed by atoms with Gasteiger partial charge in [0.15, 0.2) is 0 Å². The molecule has 2 rings (SSSR count). The lowest BCUT2D eigenvalue weighted by Crippen LogP contribution is -2.24. The van der Waals surface area contributed by atoms with Gasteiger partial charge in [-0.3, -0.25) is 0 Å². The van der Waals surface area contributed by atoms with E-state index in [0.717, 1.165) is 10.0 Å². The molecule has 0 aliphatic rings. The van der Waals surface area contributed by atoms with Gasteiger partial charge in [-0.2, -0.15) is 0 Å². The molecule has 0 radical (unpaired) electrons. The predicted molar refractivity (Wildman–Crippen MR) is 87.0 cm³/mol. The summed E-state index contributed by atoms with van der Waals surface area (Å²) >= 11 is 9.50. The lowest BCUT2D eigenvalue weighted by atomic mass is 10.1. The largest absolute Gasteiger partial charge is 0.387 e. The normalized spacial score (nSPS) is 14.0. The van der Waals surface area contributed by atoms with Crippen molar-refractivity contribution in [2.75, 3.05) is 6.54 Å². The van der Waals surface area contributed by atoms with Crippen molar-refractivity contribution in [3.05, 3.63) is 69.2 Å². The molecule has 2 atom stereocenters. The van der Waals surface area contributed by atoms with Crippen LogP contribution < -0.4 is 5.32 Å². The second-order valence-corrected chi connectivity index (χ2v) is 6.04. The Morgan fingerprint density at radius 1 is 1.15 bits per heavy atom. The quantitative estimate of drug-likeness (QED) is 0.829. The van der Waals surface area contributed by atoms with Crippen LogP contribution in [0.3, 0.4) is 0 Å². The Morgan fingerprint density at radius 3 is 2.45 bits per heavy atom. The third-order valence-electron chi connectivity index (χ3n) is 3.25. The van der Waals surface area contributed by atoms with Gasteiger partial charge in [0.05, 0.1) is 6.10 Å². The third-order valence-corrected chi connectivity index (χ3v) is 4.12. The summed E-state index contributed by atoms with van der Waals surface area (Å²) < 4.78 is 1.06. The minimum absolute atomic E-state index is 0.167. The highest BCUT2D eigenvalue weighted by molar-refractivity contribution is 9.10. The summed E-state index contributed by atoms with van der Waals surface area (Å²) in [5, 5.41) is 14.1. The van der Waals surface area contributed by atoms with E-state index in [-0.39, 0.29) is 6.04 Å². The Kier molecular flexibility index (Phi) is 5.61. The van der Waals surface area contributed by atoms with Gasteiger partial charge in [-0.1, -0.05) is 57.9 Å². The molecule has 20 heavy (non-hydrogen) atoms. The Hall–Kier alpha value is -0.870. The molecule has 0 saturated carbocycles. The molecule has 0 fully saturated rings. The fraction of sp³-hybridized carbons (Fsp3) is 0.250. The van der Waals surface area contributed by atoms with Crippen LogP contribution in [0.25, 0.3) is 0 Å². The Bertz CT molecular complexity index is 559. The molecule has 2 aromatic carbocycles. The number of rotatable bonds is 5. The van der Waals surface area contributed by atoms with Gasteiger partial charge in [-0.25, -0.2) is 0 Å². The highest BCUT2D eigenvalue weighted by atomic mass is 79.9. The van der Waals surface area contributed by atoms with E-state index in [1.54, 1.807) is 6.07 Å². The molecule has 0 aliphatic carbocycles. The van der Waals surface area contributed by atoms with Crippen LogP contribution in [0.2, 0.25) is 5.02 Å². The second-order valence-electron chi connectivity index (χ2n) is 4.72. The predicted octanol–water partition coefficient (Wildman–Crippen LogP) is 4.49. The van der Waals surface area contributed by atoms with Crippen molar-refractivity contribution in [3.63, 3.8) is 0 Å². The molecule has 2 N–H and O–H groups in total. The van der Waals surface area contributed by atoms with E-state index in [4.69, 9.17) is 11.6 Å². The molecular weight excluding hydrogens is 338 g/mol. The fourth-order valence-electron chi connectivity index (χ4n) is 2.01. The van der Waals surface area contributed by atoms with E-state index in [1.807, 2.05) is 30.3 Å². The van der Waals surface area contributed by atoms with E-state index in [1.165, 1.54) is 5.56 Å². The number of hydrogen-bond donors (Lipinski definition) is 2. The van der Waals surface area contributed by atoms with Gasteiger partial charge in [-0.05, 0) is 30.7 Å². The number of halogens is 2. The summed E-state index contributed by atoms with van der Waals surface area (Å²) in [6, 6.07) is 15.7. The molecule has 0 heterocycles. The molecule has 0 bridgehead atoms. The van der Waals surface area contributed by atoms with Crippen LogP contribution in [-0.4, -0.2) is 11.7 Å². The van der Waals surface area contributed by atoms with Gasteiger partial charge in [0.2, 0.25) is 0 Å². The van der Waals surface area contributed by atoms with Crippen LogP contribution >= 0.6 is 27.5 Å². The number of aliphatic hydroxyl groups excluding tert-OH is 1. The molecule has 2 aromatic rings. The number of hydrogen-bond acceptors (Lipinski definition) is 2. The molecule has 0 aromatic heterocycles. The first-order chi connectivity index (χ1) is 9.58. The second kappa shape index (κ2) is 7.23. The summed E-state index contributed by atoms with van der Waals surface area (Å²) in [6.07, 6.45) is -0.610. The topological polar surface area (TPSA) is 32.3 Å². The fourth-order valence-corrected chi connectivity index (χ4v) is 2.54. The summed E-state index contributed by atoms with van der Waals surface area (Å²) in [5.41, 5.74) is 1.93. The number of aliphatic hydroxyl groups is 1. The average Bonchev–Trinajstić information content (AvgIpc) is 2.45. The first-order valence-corrected chi connectivity index (χ1v) is 7.66. The highest BCUT2D eigenvalue weighted by Crippen LogP contribution is 2.23. The van der Waals surface area contributed by atoms with Crippen molar-refractivity contribution in [1.29, 1.82) is 0 Å². The van der Waals surface area contributed by atoms with Crippen molar-refractivity contribution < 1.29 is 5.11 Å². The van der Waals surface area contributed by atoms with Gasteiger partial charge in [0.1, 0.15) is 0 Å². The van der Waals surface area contributed by atoms with E-state index < -0.39 is 6.10 Å². The minimum atomic E-state index is -0.610. The molecule has 0 spiro atoms. The molecule has 2 nitrogen and oxygen atoms in total. The minimum Gasteiger partial charge on any atom is -0.387 e. The van der Waals surface area contributed by atoms with E-state index in [0.29, 0.717) is 11.6 Å². The van der Waals surface area contributed by atoms with Crippen LogP contribution in [0.4, 0.5) is 0 Å². The maximum atomic E-state index is 10.2. The molecule has 106 valence electrons. The maximum Gasteiger partial charge on any atom is 0.0928 e. The van der Waals surface area contributed by atoms with Gasteiger partial charge >= 0.3 is 0 Å². The van der Waals surface area contributed by atoms with Crippen molar-refractivity contribution in [1.82, 2.24) is 5.32 Å². The number of nitrogens with one attached hydrogen (secondary N) is 1. The Morgan fingerprint density at radius 2 is 1.80 bits per heavy atom. The van der Waals surface area contributed by atoms with Gasteiger partial charge in [-0.15, -0.1) is 0 Å². The summed E-state index contributed by atoms with van der Waals surface area (Å²) in [5.74, 6) is 0. The van der Waals surface area contributed by atoms with Crippen molar-refractivity contribution in [2.24, 2.45) is 0 Å². The SMILES string of the molecule is C[C@@H](NCC(O)c1ccccc1Cl)c1ccc(Br)cc1. The van der Waals surface area contributed by atoms with E-state index in [2.05, 4.69) is 40.3 Å². The average molecular weight is 355 g/mol. The van der Waals surface area contributed by atoms with Crippen LogP contribution in [0.1, 0.15) is 30.2 Å².